The minimum atomic E-state index is -0.376. The Morgan fingerprint density at radius 1 is 1.26 bits per heavy atom. The molecule has 0 bridgehead atoms. The Morgan fingerprint density at radius 2 is 2.05 bits per heavy atom. The lowest BCUT2D eigenvalue weighted by atomic mass is 10.0. The van der Waals surface area contributed by atoms with Crippen molar-refractivity contribution in [2.45, 2.75) is 38.3 Å². The van der Waals surface area contributed by atoms with Gasteiger partial charge in [-0.2, -0.15) is 0 Å². The third kappa shape index (κ3) is 3.51. The molecule has 2 rings (SSSR count). The molecule has 1 saturated heterocycles. The molecule has 1 heterocycles. The van der Waals surface area contributed by atoms with Crippen LogP contribution in [-0.4, -0.2) is 31.1 Å². The van der Waals surface area contributed by atoms with Crippen molar-refractivity contribution in [3.05, 3.63) is 35.4 Å². The SMILES string of the molecule is CC(c1cc(F)ccc1F)N(C)C1CCCNCC1. The van der Waals surface area contributed by atoms with Crippen LogP contribution in [0.2, 0.25) is 0 Å². The predicted molar refractivity (Wildman–Crippen MR) is 73.0 cm³/mol. The van der Waals surface area contributed by atoms with E-state index in [1.165, 1.54) is 18.2 Å². The molecule has 0 spiro atoms. The van der Waals surface area contributed by atoms with Crippen LogP contribution < -0.4 is 5.32 Å². The molecule has 106 valence electrons. The van der Waals surface area contributed by atoms with E-state index >= 15 is 0 Å². The average molecular weight is 268 g/mol. The summed E-state index contributed by atoms with van der Waals surface area (Å²) < 4.78 is 27.1. The molecule has 0 aromatic heterocycles. The highest BCUT2D eigenvalue weighted by Gasteiger charge is 2.23. The second-order valence-electron chi connectivity index (χ2n) is 5.34. The van der Waals surface area contributed by atoms with Gasteiger partial charge in [0.2, 0.25) is 0 Å². The van der Waals surface area contributed by atoms with Crippen molar-refractivity contribution in [2.75, 3.05) is 20.1 Å². The maximum Gasteiger partial charge on any atom is 0.128 e. The third-order valence-electron chi connectivity index (χ3n) is 4.14. The van der Waals surface area contributed by atoms with Gasteiger partial charge < -0.3 is 5.32 Å². The fraction of sp³-hybridized carbons (Fsp3) is 0.600. The molecule has 0 aliphatic carbocycles. The first kappa shape index (κ1) is 14.4. The maximum atomic E-state index is 13.8. The summed E-state index contributed by atoms with van der Waals surface area (Å²) in [6, 6.07) is 4.00. The summed E-state index contributed by atoms with van der Waals surface area (Å²) in [6.07, 6.45) is 3.29. The molecule has 1 aliphatic heterocycles. The lowest BCUT2D eigenvalue weighted by Gasteiger charge is -2.33. The van der Waals surface area contributed by atoms with Crippen LogP contribution >= 0.6 is 0 Å². The molecule has 2 atom stereocenters. The maximum absolute atomic E-state index is 13.8. The Hall–Kier alpha value is -1.00. The Balaban J connectivity index is 2.12. The largest absolute Gasteiger partial charge is 0.317 e. The van der Waals surface area contributed by atoms with E-state index < -0.39 is 0 Å². The van der Waals surface area contributed by atoms with E-state index in [0.29, 0.717) is 11.6 Å². The quantitative estimate of drug-likeness (QED) is 0.906. The van der Waals surface area contributed by atoms with E-state index in [1.807, 2.05) is 14.0 Å². The fourth-order valence-electron chi connectivity index (χ4n) is 2.78. The van der Waals surface area contributed by atoms with E-state index in [4.69, 9.17) is 0 Å². The second-order valence-corrected chi connectivity index (χ2v) is 5.34. The van der Waals surface area contributed by atoms with Crippen LogP contribution in [0.15, 0.2) is 18.2 Å². The van der Waals surface area contributed by atoms with Crippen LogP contribution in [-0.2, 0) is 0 Å². The number of nitrogens with one attached hydrogen (secondary N) is 1. The molecule has 19 heavy (non-hydrogen) atoms. The van der Waals surface area contributed by atoms with Crippen molar-refractivity contribution >= 4 is 0 Å². The highest BCUT2D eigenvalue weighted by atomic mass is 19.1. The van der Waals surface area contributed by atoms with Gasteiger partial charge in [-0.25, -0.2) is 8.78 Å². The number of rotatable bonds is 3. The Morgan fingerprint density at radius 3 is 2.84 bits per heavy atom. The Bertz CT molecular complexity index is 415. The van der Waals surface area contributed by atoms with Crippen LogP contribution in [0.4, 0.5) is 8.78 Å². The molecule has 1 N–H and O–H groups in total. The summed E-state index contributed by atoms with van der Waals surface area (Å²) >= 11 is 0. The molecule has 1 aromatic carbocycles. The van der Waals surface area contributed by atoms with Crippen molar-refractivity contribution in [1.29, 1.82) is 0 Å². The van der Waals surface area contributed by atoms with Gasteiger partial charge in [0.1, 0.15) is 11.6 Å². The first-order chi connectivity index (χ1) is 9.09. The smallest absolute Gasteiger partial charge is 0.128 e. The van der Waals surface area contributed by atoms with Crippen molar-refractivity contribution in [2.24, 2.45) is 0 Å². The normalized spacial score (nSPS) is 22.3. The molecule has 2 nitrogen and oxygen atoms in total. The van der Waals surface area contributed by atoms with Crippen LogP contribution in [0.1, 0.15) is 37.8 Å². The first-order valence-corrected chi connectivity index (χ1v) is 6.97. The van der Waals surface area contributed by atoms with Crippen LogP contribution in [0, 0.1) is 11.6 Å². The minimum absolute atomic E-state index is 0.112. The van der Waals surface area contributed by atoms with Crippen LogP contribution in [0.25, 0.3) is 0 Å². The summed E-state index contributed by atoms with van der Waals surface area (Å²) in [4.78, 5) is 2.17. The van der Waals surface area contributed by atoms with Crippen molar-refractivity contribution in [3.8, 4) is 0 Å². The van der Waals surface area contributed by atoms with E-state index in [1.54, 1.807) is 0 Å². The van der Waals surface area contributed by atoms with Gasteiger partial charge in [0.15, 0.2) is 0 Å². The summed E-state index contributed by atoms with van der Waals surface area (Å²) in [7, 11) is 2.00. The molecule has 4 heteroatoms. The lowest BCUT2D eigenvalue weighted by Crippen LogP contribution is -2.35. The highest BCUT2D eigenvalue weighted by molar-refractivity contribution is 5.22. The van der Waals surface area contributed by atoms with E-state index in [0.717, 1.165) is 32.4 Å². The van der Waals surface area contributed by atoms with Gasteiger partial charge in [0.05, 0.1) is 0 Å². The van der Waals surface area contributed by atoms with E-state index in [9.17, 15) is 8.78 Å². The first-order valence-electron chi connectivity index (χ1n) is 6.97. The monoisotopic (exact) mass is 268 g/mol. The third-order valence-corrected chi connectivity index (χ3v) is 4.14. The Kier molecular flexibility index (Phi) is 4.88. The molecule has 1 fully saturated rings. The fourth-order valence-corrected chi connectivity index (χ4v) is 2.78. The van der Waals surface area contributed by atoms with Crippen LogP contribution in [0.5, 0.6) is 0 Å². The Labute approximate surface area is 113 Å². The number of benzene rings is 1. The van der Waals surface area contributed by atoms with Crippen molar-refractivity contribution in [3.63, 3.8) is 0 Å². The van der Waals surface area contributed by atoms with Gasteiger partial charge in [-0.15, -0.1) is 0 Å². The summed E-state index contributed by atoms with van der Waals surface area (Å²) in [5, 5.41) is 3.37. The number of nitrogens with zero attached hydrogens (tertiary/aromatic N) is 1. The zero-order valence-electron chi connectivity index (χ0n) is 11.6. The zero-order chi connectivity index (χ0) is 13.8. The van der Waals surface area contributed by atoms with Gasteiger partial charge in [-0.05, 0) is 64.5 Å². The second kappa shape index (κ2) is 6.44. The number of hydrogen-bond donors (Lipinski definition) is 1. The van der Waals surface area contributed by atoms with Gasteiger partial charge in [0.25, 0.3) is 0 Å². The summed E-state index contributed by atoms with van der Waals surface area (Å²) in [5.41, 5.74) is 0.444. The topological polar surface area (TPSA) is 15.3 Å². The molecule has 2 unspecified atom stereocenters. The highest BCUT2D eigenvalue weighted by Crippen LogP contribution is 2.27. The van der Waals surface area contributed by atoms with E-state index in [2.05, 4.69) is 10.2 Å². The number of halogens is 2. The number of hydrogen-bond acceptors (Lipinski definition) is 2. The summed E-state index contributed by atoms with van der Waals surface area (Å²) in [5.74, 6) is -0.702. The molecule has 0 saturated carbocycles. The van der Waals surface area contributed by atoms with Crippen molar-refractivity contribution < 1.29 is 8.78 Å². The molecular weight excluding hydrogens is 246 g/mol. The average Bonchev–Trinajstić information content (AvgIpc) is 2.69. The molecule has 1 aliphatic rings. The predicted octanol–water partition coefficient (Wildman–Crippen LogP) is 3.10. The standard InChI is InChI=1S/C15H22F2N2/c1-11(14-10-12(16)5-6-15(14)17)19(2)13-4-3-8-18-9-7-13/h5-6,10-11,13,18H,3-4,7-9H2,1-2H3. The summed E-state index contributed by atoms with van der Waals surface area (Å²) in [6.45, 7) is 3.98. The zero-order valence-corrected chi connectivity index (χ0v) is 11.6. The van der Waals surface area contributed by atoms with Gasteiger partial charge in [0, 0.05) is 17.6 Å². The van der Waals surface area contributed by atoms with Crippen LogP contribution in [0.3, 0.4) is 0 Å². The van der Waals surface area contributed by atoms with Crippen molar-refractivity contribution in [1.82, 2.24) is 10.2 Å². The molecule has 0 amide bonds. The molecule has 1 aromatic rings. The van der Waals surface area contributed by atoms with E-state index in [-0.39, 0.29) is 17.7 Å². The molecular formula is C15H22F2N2. The lowest BCUT2D eigenvalue weighted by molar-refractivity contribution is 0.168. The van der Waals surface area contributed by atoms with Gasteiger partial charge in [-0.1, -0.05) is 0 Å². The molecule has 0 radical (unpaired) electrons. The minimum Gasteiger partial charge on any atom is -0.317 e. The van der Waals surface area contributed by atoms with Gasteiger partial charge in [-0.3, -0.25) is 4.90 Å². The van der Waals surface area contributed by atoms with Gasteiger partial charge >= 0.3 is 0 Å².